The zero-order valence-electron chi connectivity index (χ0n) is 12.4. The van der Waals surface area contributed by atoms with Crippen LogP contribution in [-0.4, -0.2) is 26.1 Å². The fraction of sp³-hybridized carbons (Fsp3) is 0.692. The van der Waals surface area contributed by atoms with Gasteiger partial charge >= 0.3 is 0 Å². The number of nitrogens with two attached hydrogens (primary N) is 2. The molecule has 6 nitrogen and oxygen atoms in total. The molecule has 0 aromatic rings. The third-order valence-electron chi connectivity index (χ3n) is 2.91. The number of hydrogen-bond donors (Lipinski definition) is 3. The minimum atomic E-state index is -2.20. The Morgan fingerprint density at radius 1 is 1.25 bits per heavy atom. The highest BCUT2D eigenvalue weighted by Crippen LogP contribution is 2.36. The number of hydrogen-bond acceptors (Lipinski definition) is 5. The molecule has 0 radical (unpaired) electrons. The predicted octanol–water partition coefficient (Wildman–Crippen LogP) is 1.56. The van der Waals surface area contributed by atoms with Crippen LogP contribution in [0.15, 0.2) is 23.1 Å². The van der Waals surface area contributed by atoms with Gasteiger partial charge in [-0.3, -0.25) is 0 Å². The monoisotopic (exact) mass is 304 g/mol. The second-order valence-electron chi connectivity index (χ2n) is 6.16. The van der Waals surface area contributed by atoms with Gasteiger partial charge in [0.2, 0.25) is 11.1 Å². The molecule has 20 heavy (non-hydrogen) atoms. The van der Waals surface area contributed by atoms with Gasteiger partial charge in [-0.05, 0) is 33.8 Å². The lowest BCUT2D eigenvalue weighted by Crippen LogP contribution is -2.48. The molecule has 1 unspecified atom stereocenters. The summed E-state index contributed by atoms with van der Waals surface area (Å²) in [6.07, 6.45) is 4.02. The molecule has 7 heteroatoms. The SMILES string of the molecule is CC1(C)CC(O/C(N)=C/C=C(\N)S(=O)O)CC(C)(C)O1. The van der Waals surface area contributed by atoms with Crippen molar-refractivity contribution in [3.8, 4) is 0 Å². The van der Waals surface area contributed by atoms with E-state index in [2.05, 4.69) is 0 Å². The average Bonchev–Trinajstić information content (AvgIpc) is 2.20. The van der Waals surface area contributed by atoms with Crippen molar-refractivity contribution in [3.05, 3.63) is 23.1 Å². The molecule has 0 aliphatic carbocycles. The summed E-state index contributed by atoms with van der Waals surface area (Å²) in [6.45, 7) is 8.04. The van der Waals surface area contributed by atoms with Crippen molar-refractivity contribution in [2.24, 2.45) is 11.5 Å². The van der Waals surface area contributed by atoms with Crippen LogP contribution >= 0.6 is 0 Å². The third-order valence-corrected chi connectivity index (χ3v) is 3.45. The van der Waals surface area contributed by atoms with E-state index in [1.165, 1.54) is 12.2 Å². The second-order valence-corrected chi connectivity index (χ2v) is 7.13. The van der Waals surface area contributed by atoms with E-state index in [1.54, 1.807) is 0 Å². The van der Waals surface area contributed by atoms with Gasteiger partial charge in [0.05, 0.1) is 11.2 Å². The molecule has 1 atom stereocenters. The highest BCUT2D eigenvalue weighted by atomic mass is 32.2. The van der Waals surface area contributed by atoms with E-state index < -0.39 is 11.1 Å². The summed E-state index contributed by atoms with van der Waals surface area (Å²) in [6, 6.07) is 0. The molecule has 0 bridgehead atoms. The molecule has 1 rings (SSSR count). The largest absolute Gasteiger partial charge is 0.476 e. The summed E-state index contributed by atoms with van der Waals surface area (Å²) in [5, 5.41) is -0.177. The third kappa shape index (κ3) is 5.52. The Labute approximate surface area is 122 Å². The first-order valence-electron chi connectivity index (χ1n) is 6.41. The van der Waals surface area contributed by atoms with Crippen molar-refractivity contribution in [1.82, 2.24) is 0 Å². The maximum absolute atomic E-state index is 10.7. The van der Waals surface area contributed by atoms with Gasteiger partial charge in [-0.15, -0.1) is 0 Å². The molecule has 0 aromatic carbocycles. The van der Waals surface area contributed by atoms with Crippen molar-refractivity contribution in [2.75, 3.05) is 0 Å². The summed E-state index contributed by atoms with van der Waals surface area (Å²) < 4.78 is 31.0. The lowest BCUT2D eigenvalue weighted by Gasteiger charge is -2.45. The lowest BCUT2D eigenvalue weighted by molar-refractivity contribution is -0.190. The standard InChI is InChI=1S/C13H24N2O4S/c1-12(2)7-9(8-13(3,4)19-12)18-10(14)5-6-11(15)20(16)17/h5-6,9H,7-8,14-15H2,1-4H3,(H,16,17)/b10-5+,11-6+. The van der Waals surface area contributed by atoms with E-state index in [0.717, 1.165) is 12.8 Å². The minimum absolute atomic E-state index is 0.0701. The van der Waals surface area contributed by atoms with Gasteiger partial charge in [-0.1, -0.05) is 0 Å². The van der Waals surface area contributed by atoms with Gasteiger partial charge in [0.15, 0.2) is 5.88 Å². The number of allylic oxidation sites excluding steroid dienone is 2. The highest BCUT2D eigenvalue weighted by Gasteiger charge is 2.40. The zero-order chi connectivity index (χ0) is 15.6. The van der Waals surface area contributed by atoms with Crippen LogP contribution in [0.5, 0.6) is 0 Å². The van der Waals surface area contributed by atoms with Gasteiger partial charge in [-0.25, -0.2) is 4.21 Å². The van der Waals surface area contributed by atoms with Crippen molar-refractivity contribution >= 4 is 11.1 Å². The smallest absolute Gasteiger partial charge is 0.202 e. The maximum atomic E-state index is 10.7. The van der Waals surface area contributed by atoms with Crippen molar-refractivity contribution in [2.45, 2.75) is 57.8 Å². The number of ether oxygens (including phenoxy) is 2. The van der Waals surface area contributed by atoms with Gasteiger partial charge in [0, 0.05) is 18.9 Å². The average molecular weight is 304 g/mol. The summed E-state index contributed by atoms with van der Waals surface area (Å²) in [4.78, 5) is 0. The van der Waals surface area contributed by atoms with Crippen LogP contribution in [0.1, 0.15) is 40.5 Å². The zero-order valence-corrected chi connectivity index (χ0v) is 13.2. The van der Waals surface area contributed by atoms with Crippen molar-refractivity contribution in [1.29, 1.82) is 0 Å². The first-order chi connectivity index (χ1) is 9.01. The molecule has 1 heterocycles. The Kier molecular flexibility index (Phi) is 5.23. The Morgan fingerprint density at radius 2 is 1.75 bits per heavy atom. The molecule has 0 amide bonds. The van der Waals surface area contributed by atoms with Gasteiger partial charge in [0.25, 0.3) is 0 Å². The lowest BCUT2D eigenvalue weighted by atomic mass is 9.87. The van der Waals surface area contributed by atoms with Gasteiger partial charge in [0.1, 0.15) is 11.1 Å². The highest BCUT2D eigenvalue weighted by molar-refractivity contribution is 7.83. The summed E-state index contributed by atoms with van der Waals surface area (Å²) >= 11 is -2.20. The van der Waals surface area contributed by atoms with Crippen LogP contribution in [0.25, 0.3) is 0 Å². The quantitative estimate of drug-likeness (QED) is 0.413. The molecule has 1 aliphatic rings. The fourth-order valence-corrected chi connectivity index (χ4v) is 2.72. The first kappa shape index (κ1) is 17.0. The van der Waals surface area contributed by atoms with Crippen LogP contribution in [0.3, 0.4) is 0 Å². The van der Waals surface area contributed by atoms with Gasteiger partial charge in [-0.2, -0.15) is 0 Å². The Hall–Kier alpha value is -1.05. The molecule has 1 fully saturated rings. The summed E-state index contributed by atoms with van der Waals surface area (Å²) in [7, 11) is 0. The van der Waals surface area contributed by atoms with Crippen LogP contribution in [0.2, 0.25) is 0 Å². The van der Waals surface area contributed by atoms with E-state index in [1.807, 2.05) is 27.7 Å². The minimum Gasteiger partial charge on any atom is -0.476 e. The Bertz CT molecular complexity index is 428. The van der Waals surface area contributed by atoms with E-state index >= 15 is 0 Å². The molecular formula is C13H24N2O4S. The Balaban J connectivity index is 2.70. The Morgan fingerprint density at radius 3 is 2.20 bits per heavy atom. The summed E-state index contributed by atoms with van der Waals surface area (Å²) in [5.74, 6) is 0.164. The summed E-state index contributed by atoms with van der Waals surface area (Å²) in [5.41, 5.74) is 10.5. The van der Waals surface area contributed by atoms with Crippen LogP contribution in [0.4, 0.5) is 0 Å². The van der Waals surface area contributed by atoms with Crippen molar-refractivity contribution < 1.29 is 18.2 Å². The molecule has 116 valence electrons. The topological polar surface area (TPSA) is 108 Å². The van der Waals surface area contributed by atoms with E-state index in [-0.39, 0.29) is 28.2 Å². The molecule has 0 aromatic heterocycles. The molecule has 5 N–H and O–H groups in total. The van der Waals surface area contributed by atoms with Crippen LogP contribution < -0.4 is 11.5 Å². The van der Waals surface area contributed by atoms with Gasteiger partial charge < -0.3 is 25.5 Å². The predicted molar refractivity (Wildman–Crippen MR) is 78.7 cm³/mol. The van der Waals surface area contributed by atoms with Crippen LogP contribution in [0, 0.1) is 0 Å². The fourth-order valence-electron chi connectivity index (χ4n) is 2.54. The van der Waals surface area contributed by atoms with E-state index in [0.29, 0.717) is 0 Å². The molecular weight excluding hydrogens is 280 g/mol. The van der Waals surface area contributed by atoms with Crippen LogP contribution in [-0.2, 0) is 20.6 Å². The first-order valence-corrected chi connectivity index (χ1v) is 7.52. The van der Waals surface area contributed by atoms with Crippen molar-refractivity contribution in [3.63, 3.8) is 0 Å². The maximum Gasteiger partial charge on any atom is 0.202 e. The molecule has 0 spiro atoms. The molecule has 1 aliphatic heterocycles. The molecule has 0 saturated carbocycles. The van der Waals surface area contributed by atoms with E-state index in [4.69, 9.17) is 25.5 Å². The van der Waals surface area contributed by atoms with E-state index in [9.17, 15) is 4.21 Å². The molecule has 1 saturated heterocycles. The number of rotatable bonds is 4. The normalized spacial score (nSPS) is 25.2. The second kappa shape index (κ2) is 6.15.